The first-order valence-corrected chi connectivity index (χ1v) is 11.3. The predicted molar refractivity (Wildman–Crippen MR) is 127 cm³/mol. The molecule has 8 heteroatoms. The summed E-state index contributed by atoms with van der Waals surface area (Å²) in [4.78, 5) is 25.5. The zero-order chi connectivity index (χ0) is 23.0. The van der Waals surface area contributed by atoms with Crippen LogP contribution in [0, 0.1) is 11.7 Å². The summed E-state index contributed by atoms with van der Waals surface area (Å²) >= 11 is 24.7. The van der Waals surface area contributed by atoms with Gasteiger partial charge in [-0.05, 0) is 59.7 Å². The number of benzene rings is 3. The summed E-state index contributed by atoms with van der Waals surface area (Å²) in [5, 5.41) is 3.63. The summed E-state index contributed by atoms with van der Waals surface area (Å²) in [5.74, 6) is -1.56. The van der Waals surface area contributed by atoms with E-state index in [2.05, 4.69) is 5.32 Å². The van der Waals surface area contributed by atoms with Crippen molar-refractivity contribution in [1.29, 1.82) is 0 Å². The highest BCUT2D eigenvalue weighted by Gasteiger charge is 2.54. The number of alkyl halides is 1. The molecule has 1 aliphatic carbocycles. The van der Waals surface area contributed by atoms with E-state index in [0.29, 0.717) is 21.3 Å². The van der Waals surface area contributed by atoms with Crippen molar-refractivity contribution in [3.8, 4) is 0 Å². The van der Waals surface area contributed by atoms with Crippen molar-refractivity contribution in [2.45, 2.75) is 17.7 Å². The number of Topliss-reactive ketones (excluding diaryl/α,β-unsaturated/α-hetero) is 1. The maximum atomic E-state index is 13.1. The van der Waals surface area contributed by atoms with Gasteiger partial charge in [-0.1, -0.05) is 46.9 Å². The molecule has 4 rings (SSSR count). The van der Waals surface area contributed by atoms with E-state index in [1.807, 2.05) is 0 Å². The molecule has 3 aromatic carbocycles. The molecule has 3 aromatic rings. The van der Waals surface area contributed by atoms with Gasteiger partial charge in [0.05, 0.1) is 16.3 Å². The number of halogens is 5. The Kier molecular flexibility index (Phi) is 6.78. The Bertz CT molecular complexity index is 1180. The molecule has 0 heterocycles. The normalized spacial score (nSPS) is 19.5. The predicted octanol–water partition coefficient (Wildman–Crippen LogP) is 7.17. The van der Waals surface area contributed by atoms with Gasteiger partial charge in [-0.15, -0.1) is 11.6 Å². The summed E-state index contributed by atoms with van der Waals surface area (Å²) in [6, 6.07) is 15.5. The monoisotopic (exact) mass is 509 g/mol. The molecular weight excluding hydrogens is 495 g/mol. The first-order chi connectivity index (χ1) is 15.2. The third-order valence-corrected chi connectivity index (χ3v) is 6.63. The summed E-state index contributed by atoms with van der Waals surface area (Å²) in [7, 11) is 0. The van der Waals surface area contributed by atoms with E-state index < -0.39 is 11.3 Å². The van der Waals surface area contributed by atoms with Crippen LogP contribution in [0.5, 0.6) is 0 Å². The van der Waals surface area contributed by atoms with Crippen LogP contribution in [-0.4, -0.2) is 17.1 Å². The number of anilines is 1. The lowest BCUT2D eigenvalue weighted by molar-refractivity contribution is -0.117. The molecule has 3 atom stereocenters. The molecule has 0 aromatic heterocycles. The Morgan fingerprint density at radius 2 is 1.56 bits per heavy atom. The highest BCUT2D eigenvalue weighted by Crippen LogP contribution is 2.53. The van der Waals surface area contributed by atoms with E-state index in [4.69, 9.17) is 46.4 Å². The number of rotatable bonds is 6. The van der Waals surface area contributed by atoms with Crippen molar-refractivity contribution in [2.24, 2.45) is 5.92 Å². The molecule has 1 fully saturated rings. The van der Waals surface area contributed by atoms with Gasteiger partial charge in [-0.3, -0.25) is 9.59 Å². The van der Waals surface area contributed by atoms with Gasteiger partial charge in [0.2, 0.25) is 5.91 Å². The van der Waals surface area contributed by atoms with E-state index in [1.54, 1.807) is 42.5 Å². The molecule has 1 N–H and O–H groups in total. The second kappa shape index (κ2) is 9.40. The number of hydrogen-bond acceptors (Lipinski definition) is 2. The molecule has 164 valence electrons. The minimum Gasteiger partial charge on any atom is -0.326 e. The molecule has 0 aliphatic heterocycles. The van der Waals surface area contributed by atoms with Crippen molar-refractivity contribution in [3.05, 3.63) is 98.2 Å². The molecule has 0 radical (unpaired) electrons. The Morgan fingerprint density at radius 1 is 0.906 bits per heavy atom. The van der Waals surface area contributed by atoms with Gasteiger partial charge in [-0.25, -0.2) is 4.39 Å². The average molecular weight is 511 g/mol. The van der Waals surface area contributed by atoms with E-state index in [1.165, 1.54) is 18.2 Å². The molecule has 1 amide bonds. The Balaban J connectivity index is 1.47. The SMILES string of the molecule is O=C(Cc1ccc(F)cc1)c1cc(NC(=O)C2C(c3cc(Cl)cc(Cl)c3)[C@@H]2Cl)ccc1Cl. The van der Waals surface area contributed by atoms with Crippen molar-refractivity contribution in [2.75, 3.05) is 5.32 Å². The number of ketones is 1. The maximum Gasteiger partial charge on any atom is 0.229 e. The third-order valence-electron chi connectivity index (χ3n) is 5.32. The van der Waals surface area contributed by atoms with Gasteiger partial charge in [0.15, 0.2) is 5.78 Å². The number of hydrogen-bond donors (Lipinski definition) is 1. The minimum atomic E-state index is -0.458. The molecule has 1 aliphatic rings. The van der Waals surface area contributed by atoms with Crippen LogP contribution in [0.4, 0.5) is 10.1 Å². The second-order valence-electron chi connectivity index (χ2n) is 7.61. The fourth-order valence-electron chi connectivity index (χ4n) is 3.67. The Labute approximate surface area is 204 Å². The number of carbonyl (C=O) groups is 2. The quantitative estimate of drug-likeness (QED) is 0.282. The van der Waals surface area contributed by atoms with Crippen molar-refractivity contribution < 1.29 is 14.0 Å². The zero-order valence-electron chi connectivity index (χ0n) is 16.4. The lowest BCUT2D eigenvalue weighted by atomic mass is 10.0. The summed E-state index contributed by atoms with van der Waals surface area (Å²) in [6.07, 6.45) is 0.0569. The first-order valence-electron chi connectivity index (χ1n) is 9.71. The molecular formula is C24H16Cl4FNO2. The molecule has 3 nitrogen and oxygen atoms in total. The summed E-state index contributed by atoms with van der Waals surface area (Å²) in [5.41, 5.74) is 2.16. The average Bonchev–Trinajstić information content (AvgIpc) is 3.41. The Morgan fingerprint density at radius 3 is 2.22 bits per heavy atom. The summed E-state index contributed by atoms with van der Waals surface area (Å²) < 4.78 is 13.1. The lowest BCUT2D eigenvalue weighted by Gasteiger charge is -2.09. The van der Waals surface area contributed by atoms with Crippen molar-refractivity contribution in [3.63, 3.8) is 0 Å². The van der Waals surface area contributed by atoms with Crippen molar-refractivity contribution in [1.82, 2.24) is 0 Å². The highest BCUT2D eigenvalue weighted by atomic mass is 35.5. The van der Waals surface area contributed by atoms with Gasteiger partial charge >= 0.3 is 0 Å². The molecule has 1 saturated carbocycles. The van der Waals surface area contributed by atoms with E-state index in [9.17, 15) is 14.0 Å². The molecule has 0 bridgehead atoms. The smallest absolute Gasteiger partial charge is 0.229 e. The van der Waals surface area contributed by atoms with Crippen LogP contribution in [-0.2, 0) is 11.2 Å². The second-order valence-corrected chi connectivity index (χ2v) is 9.39. The summed E-state index contributed by atoms with van der Waals surface area (Å²) in [6.45, 7) is 0. The topological polar surface area (TPSA) is 46.2 Å². The van der Waals surface area contributed by atoms with Gasteiger partial charge < -0.3 is 5.32 Å². The van der Waals surface area contributed by atoms with E-state index in [0.717, 1.165) is 5.56 Å². The van der Waals surface area contributed by atoms with Crippen LogP contribution in [0.15, 0.2) is 60.7 Å². The first kappa shape index (κ1) is 23.1. The standard InChI is InChI=1S/C24H16Cl4FNO2/c25-14-8-13(9-15(26)10-14)21-22(23(21)28)24(32)30-17-5-6-19(27)18(11-17)20(31)7-12-1-3-16(29)4-2-12/h1-6,8-11,21-23H,7H2,(H,30,32)/t21?,22?,23-/m0/s1. The number of amides is 1. The Hall–Kier alpha value is -2.11. The molecule has 32 heavy (non-hydrogen) atoms. The highest BCUT2D eigenvalue weighted by molar-refractivity contribution is 6.35. The maximum absolute atomic E-state index is 13.1. The minimum absolute atomic E-state index is 0.0569. The molecule has 0 saturated heterocycles. The van der Waals surface area contributed by atoms with Crippen LogP contribution < -0.4 is 5.32 Å². The van der Waals surface area contributed by atoms with E-state index >= 15 is 0 Å². The molecule has 0 spiro atoms. The van der Waals surface area contributed by atoms with Crippen LogP contribution >= 0.6 is 46.4 Å². The van der Waals surface area contributed by atoms with Crippen LogP contribution in [0.1, 0.15) is 27.4 Å². The number of nitrogens with one attached hydrogen (secondary N) is 1. The van der Waals surface area contributed by atoms with E-state index in [-0.39, 0.29) is 40.4 Å². The third kappa shape index (κ3) is 5.10. The fourth-order valence-corrected chi connectivity index (χ4v) is 4.92. The van der Waals surface area contributed by atoms with Crippen molar-refractivity contribution >= 4 is 63.8 Å². The zero-order valence-corrected chi connectivity index (χ0v) is 19.4. The van der Waals surface area contributed by atoms with Crippen LogP contribution in [0.3, 0.4) is 0 Å². The van der Waals surface area contributed by atoms with Gasteiger partial charge in [0, 0.05) is 33.6 Å². The van der Waals surface area contributed by atoms with Gasteiger partial charge in [-0.2, -0.15) is 0 Å². The van der Waals surface area contributed by atoms with Crippen LogP contribution in [0.25, 0.3) is 0 Å². The van der Waals surface area contributed by atoms with Gasteiger partial charge in [0.25, 0.3) is 0 Å². The van der Waals surface area contributed by atoms with Gasteiger partial charge in [0.1, 0.15) is 5.82 Å². The molecule has 2 unspecified atom stereocenters. The number of carbonyl (C=O) groups excluding carboxylic acids is 2. The fraction of sp³-hybridized carbons (Fsp3) is 0.167. The van der Waals surface area contributed by atoms with Crippen LogP contribution in [0.2, 0.25) is 15.1 Å². The largest absolute Gasteiger partial charge is 0.326 e. The lowest BCUT2D eigenvalue weighted by Crippen LogP contribution is -2.16.